The van der Waals surface area contributed by atoms with Crippen molar-refractivity contribution in [2.75, 3.05) is 20.1 Å². The van der Waals surface area contributed by atoms with E-state index in [2.05, 4.69) is 21.7 Å². The third kappa shape index (κ3) is 4.48. The molecule has 6 nitrogen and oxygen atoms in total. The molecule has 0 atom stereocenters. The Balaban J connectivity index is 1.63. The van der Waals surface area contributed by atoms with E-state index < -0.39 is 10.0 Å². The van der Waals surface area contributed by atoms with Gasteiger partial charge >= 0.3 is 0 Å². The summed E-state index contributed by atoms with van der Waals surface area (Å²) < 4.78 is 27.7. The van der Waals surface area contributed by atoms with Gasteiger partial charge in [-0.15, -0.1) is 0 Å². The third-order valence-corrected chi connectivity index (χ3v) is 6.42. The van der Waals surface area contributed by atoms with Gasteiger partial charge in [0.15, 0.2) is 0 Å². The number of nitrogens with one attached hydrogen (secondary N) is 2. The predicted octanol–water partition coefficient (Wildman–Crippen LogP) is 2.07. The quantitative estimate of drug-likeness (QED) is 0.823. The smallest absolute Gasteiger partial charge is 0.248 e. The van der Waals surface area contributed by atoms with Gasteiger partial charge < -0.3 is 9.88 Å². The number of benzene rings is 1. The van der Waals surface area contributed by atoms with Gasteiger partial charge in [-0.05, 0) is 49.5 Å². The van der Waals surface area contributed by atoms with Crippen LogP contribution in [0.3, 0.4) is 0 Å². The molecule has 1 aliphatic rings. The second-order valence-electron chi connectivity index (χ2n) is 6.74. The van der Waals surface area contributed by atoms with Crippen LogP contribution in [0, 0.1) is 0 Å². The standard InChI is InChI=1S/C18H25N3O3S/c1-21(15-5-3-2-4-6-15)12-11-19-25(23,24)16-8-9-17-14(13-16)7-10-18(22)20-17/h7-10,13,15,19H,2-6,11-12H2,1H3,(H,20,22). The molecule has 25 heavy (non-hydrogen) atoms. The fourth-order valence-electron chi connectivity index (χ4n) is 3.44. The highest BCUT2D eigenvalue weighted by atomic mass is 32.2. The third-order valence-electron chi connectivity index (χ3n) is 4.96. The number of fused-ring (bicyclic) bond motifs is 1. The zero-order valence-corrected chi connectivity index (χ0v) is 15.3. The molecule has 1 heterocycles. The van der Waals surface area contributed by atoms with Gasteiger partial charge in [-0.3, -0.25) is 4.79 Å². The van der Waals surface area contributed by atoms with Crippen LogP contribution in [0.2, 0.25) is 0 Å². The normalized spacial score (nSPS) is 16.6. The first-order valence-electron chi connectivity index (χ1n) is 8.79. The van der Waals surface area contributed by atoms with Crippen molar-refractivity contribution in [3.05, 3.63) is 40.7 Å². The molecule has 3 rings (SSSR count). The fraction of sp³-hybridized carbons (Fsp3) is 0.500. The largest absolute Gasteiger partial charge is 0.322 e. The lowest BCUT2D eigenvalue weighted by Gasteiger charge is -2.31. The summed E-state index contributed by atoms with van der Waals surface area (Å²) in [7, 11) is -1.49. The highest BCUT2D eigenvalue weighted by molar-refractivity contribution is 7.89. The minimum atomic E-state index is -3.56. The van der Waals surface area contributed by atoms with E-state index in [0.29, 0.717) is 30.0 Å². The Hall–Kier alpha value is -1.70. The molecule has 1 aromatic carbocycles. The van der Waals surface area contributed by atoms with Gasteiger partial charge in [0.25, 0.3) is 0 Å². The van der Waals surface area contributed by atoms with Crippen LogP contribution in [0.25, 0.3) is 10.9 Å². The second kappa shape index (κ2) is 7.68. The van der Waals surface area contributed by atoms with Crippen molar-refractivity contribution in [2.45, 2.75) is 43.0 Å². The van der Waals surface area contributed by atoms with Gasteiger partial charge in [0.2, 0.25) is 15.6 Å². The molecule has 0 saturated heterocycles. The molecule has 2 N–H and O–H groups in total. The van der Waals surface area contributed by atoms with Gasteiger partial charge in [-0.2, -0.15) is 0 Å². The number of pyridine rings is 1. The summed E-state index contributed by atoms with van der Waals surface area (Å²) in [6.07, 6.45) is 6.24. The number of aromatic nitrogens is 1. The maximum Gasteiger partial charge on any atom is 0.248 e. The molecule has 1 saturated carbocycles. The van der Waals surface area contributed by atoms with Crippen LogP contribution in [-0.2, 0) is 10.0 Å². The number of hydrogen-bond acceptors (Lipinski definition) is 4. The van der Waals surface area contributed by atoms with E-state index in [-0.39, 0.29) is 10.5 Å². The Bertz CT molecular complexity index is 886. The molecule has 136 valence electrons. The molecule has 2 aromatic rings. The van der Waals surface area contributed by atoms with E-state index in [1.807, 2.05) is 0 Å². The van der Waals surface area contributed by atoms with Crippen LogP contribution in [0.1, 0.15) is 32.1 Å². The van der Waals surface area contributed by atoms with Gasteiger partial charge in [0.05, 0.1) is 4.90 Å². The molecule has 0 amide bonds. The van der Waals surface area contributed by atoms with Gasteiger partial charge in [0, 0.05) is 30.7 Å². The number of likely N-dealkylation sites (N-methyl/N-ethyl adjacent to an activating group) is 1. The summed E-state index contributed by atoms with van der Waals surface area (Å²) in [5.74, 6) is 0. The molecule has 1 aliphatic carbocycles. The SMILES string of the molecule is CN(CCNS(=O)(=O)c1ccc2[nH]c(=O)ccc2c1)C1CCCCC1. The van der Waals surface area contributed by atoms with Crippen molar-refractivity contribution in [1.82, 2.24) is 14.6 Å². The number of H-pyrrole nitrogens is 1. The monoisotopic (exact) mass is 363 g/mol. The zero-order chi connectivity index (χ0) is 17.9. The Kier molecular flexibility index (Phi) is 5.56. The van der Waals surface area contributed by atoms with Crippen molar-refractivity contribution in [1.29, 1.82) is 0 Å². The lowest BCUT2D eigenvalue weighted by atomic mass is 9.94. The van der Waals surface area contributed by atoms with Crippen molar-refractivity contribution in [3.8, 4) is 0 Å². The van der Waals surface area contributed by atoms with Crippen LogP contribution >= 0.6 is 0 Å². The molecule has 0 bridgehead atoms. The number of rotatable bonds is 6. The van der Waals surface area contributed by atoms with Crippen molar-refractivity contribution in [3.63, 3.8) is 0 Å². The van der Waals surface area contributed by atoms with Crippen molar-refractivity contribution in [2.24, 2.45) is 0 Å². The Morgan fingerprint density at radius 1 is 1.16 bits per heavy atom. The molecule has 0 aliphatic heterocycles. The summed E-state index contributed by atoms with van der Waals surface area (Å²) in [6, 6.07) is 8.31. The average Bonchev–Trinajstić information content (AvgIpc) is 2.61. The van der Waals surface area contributed by atoms with Crippen molar-refractivity contribution < 1.29 is 8.42 Å². The number of sulfonamides is 1. The lowest BCUT2D eigenvalue weighted by Crippen LogP contribution is -2.39. The Morgan fingerprint density at radius 3 is 2.68 bits per heavy atom. The van der Waals surface area contributed by atoms with Gasteiger partial charge in [-0.25, -0.2) is 13.1 Å². The first-order valence-corrected chi connectivity index (χ1v) is 10.3. The van der Waals surface area contributed by atoms with E-state index in [1.165, 1.54) is 44.2 Å². The maximum atomic E-state index is 12.5. The summed E-state index contributed by atoms with van der Waals surface area (Å²) in [5, 5.41) is 0.696. The first-order chi connectivity index (χ1) is 12.0. The lowest BCUT2D eigenvalue weighted by molar-refractivity contribution is 0.195. The van der Waals surface area contributed by atoms with Crippen LogP contribution in [0.15, 0.2) is 40.0 Å². The summed E-state index contributed by atoms with van der Waals surface area (Å²) in [4.78, 5) is 16.5. The summed E-state index contributed by atoms with van der Waals surface area (Å²) in [5.41, 5.74) is 0.426. The summed E-state index contributed by atoms with van der Waals surface area (Å²) in [6.45, 7) is 1.09. The Morgan fingerprint density at radius 2 is 1.92 bits per heavy atom. The van der Waals surface area contributed by atoms with E-state index >= 15 is 0 Å². The molecular formula is C18H25N3O3S. The molecule has 0 spiro atoms. The molecule has 0 unspecified atom stereocenters. The molecule has 1 aromatic heterocycles. The molecular weight excluding hydrogens is 338 g/mol. The number of nitrogens with zero attached hydrogens (tertiary/aromatic N) is 1. The highest BCUT2D eigenvalue weighted by Crippen LogP contribution is 2.21. The molecule has 1 fully saturated rings. The average molecular weight is 363 g/mol. The number of aromatic amines is 1. The number of hydrogen-bond donors (Lipinski definition) is 2. The summed E-state index contributed by atoms with van der Waals surface area (Å²) >= 11 is 0. The van der Waals surface area contributed by atoms with Crippen LogP contribution in [0.4, 0.5) is 0 Å². The maximum absolute atomic E-state index is 12.5. The van der Waals surface area contributed by atoms with Crippen LogP contribution in [0.5, 0.6) is 0 Å². The topological polar surface area (TPSA) is 82.3 Å². The van der Waals surface area contributed by atoms with E-state index in [1.54, 1.807) is 18.2 Å². The van der Waals surface area contributed by atoms with Crippen molar-refractivity contribution >= 4 is 20.9 Å². The van der Waals surface area contributed by atoms with Gasteiger partial charge in [0.1, 0.15) is 0 Å². The van der Waals surface area contributed by atoms with Crippen LogP contribution in [-0.4, -0.2) is 44.5 Å². The van der Waals surface area contributed by atoms with E-state index in [0.717, 1.165) is 0 Å². The molecule has 0 radical (unpaired) electrons. The van der Waals surface area contributed by atoms with E-state index in [9.17, 15) is 13.2 Å². The fourth-order valence-corrected chi connectivity index (χ4v) is 4.50. The second-order valence-corrected chi connectivity index (χ2v) is 8.51. The van der Waals surface area contributed by atoms with E-state index in [4.69, 9.17) is 0 Å². The van der Waals surface area contributed by atoms with Crippen LogP contribution < -0.4 is 10.3 Å². The minimum absolute atomic E-state index is 0.202. The first kappa shape index (κ1) is 18.1. The Labute approximate surface area is 148 Å². The highest BCUT2D eigenvalue weighted by Gasteiger charge is 2.19. The molecule has 7 heteroatoms. The minimum Gasteiger partial charge on any atom is -0.322 e. The zero-order valence-electron chi connectivity index (χ0n) is 14.5. The predicted molar refractivity (Wildman–Crippen MR) is 99.3 cm³/mol. The van der Waals surface area contributed by atoms with Gasteiger partial charge in [-0.1, -0.05) is 19.3 Å².